The smallest absolute Gasteiger partial charge is 0.335 e. The first-order valence-electron chi connectivity index (χ1n) is 4.83. The Balaban J connectivity index is 2.55. The van der Waals surface area contributed by atoms with Gasteiger partial charge in [0.25, 0.3) is 0 Å². The van der Waals surface area contributed by atoms with Gasteiger partial charge in [-0.25, -0.2) is 4.79 Å². The summed E-state index contributed by atoms with van der Waals surface area (Å²) in [6.07, 6.45) is 0. The SMILES string of the molecule is O=C(O)c1cc(-c2ccc(O)cc2)[nH]c(=O)c1. The van der Waals surface area contributed by atoms with Gasteiger partial charge < -0.3 is 15.2 Å². The quantitative estimate of drug-likeness (QED) is 0.729. The lowest BCUT2D eigenvalue weighted by atomic mass is 10.1. The second-order valence-electron chi connectivity index (χ2n) is 3.50. The summed E-state index contributed by atoms with van der Waals surface area (Å²) in [5.74, 6) is -1.05. The van der Waals surface area contributed by atoms with Gasteiger partial charge in [-0.1, -0.05) is 0 Å². The fourth-order valence-corrected chi connectivity index (χ4v) is 1.46. The first-order valence-corrected chi connectivity index (χ1v) is 4.83. The highest BCUT2D eigenvalue weighted by Crippen LogP contribution is 2.19. The molecule has 0 aliphatic heterocycles. The predicted molar refractivity (Wildman–Crippen MR) is 61.1 cm³/mol. The number of aromatic nitrogens is 1. The van der Waals surface area contributed by atoms with Crippen molar-refractivity contribution >= 4 is 5.97 Å². The van der Waals surface area contributed by atoms with Gasteiger partial charge in [0.2, 0.25) is 5.56 Å². The normalized spacial score (nSPS) is 10.1. The van der Waals surface area contributed by atoms with Crippen molar-refractivity contribution < 1.29 is 15.0 Å². The molecule has 0 aliphatic rings. The maximum absolute atomic E-state index is 11.3. The molecular formula is C12H9NO4. The fraction of sp³-hybridized carbons (Fsp3) is 0. The number of pyridine rings is 1. The molecule has 2 aromatic rings. The van der Waals surface area contributed by atoms with Gasteiger partial charge in [-0.05, 0) is 35.9 Å². The van der Waals surface area contributed by atoms with Crippen molar-refractivity contribution in [3.05, 3.63) is 52.3 Å². The van der Waals surface area contributed by atoms with E-state index in [1.807, 2.05) is 0 Å². The molecule has 0 spiro atoms. The Labute approximate surface area is 96.0 Å². The highest BCUT2D eigenvalue weighted by Gasteiger charge is 2.07. The second kappa shape index (κ2) is 4.13. The molecule has 0 radical (unpaired) electrons. The number of carbonyl (C=O) groups is 1. The molecule has 1 heterocycles. The van der Waals surface area contributed by atoms with Gasteiger partial charge in [0.1, 0.15) is 5.75 Å². The summed E-state index contributed by atoms with van der Waals surface area (Å²) in [7, 11) is 0. The molecule has 0 aliphatic carbocycles. The van der Waals surface area contributed by atoms with Crippen LogP contribution in [0.4, 0.5) is 0 Å². The van der Waals surface area contributed by atoms with E-state index >= 15 is 0 Å². The summed E-state index contributed by atoms with van der Waals surface area (Å²) in [6, 6.07) is 8.49. The monoisotopic (exact) mass is 231 g/mol. The highest BCUT2D eigenvalue weighted by molar-refractivity contribution is 5.88. The Bertz CT molecular complexity index is 613. The minimum atomic E-state index is -1.16. The molecule has 0 saturated heterocycles. The fourth-order valence-electron chi connectivity index (χ4n) is 1.46. The molecule has 1 aromatic heterocycles. The van der Waals surface area contributed by atoms with Gasteiger partial charge >= 0.3 is 5.97 Å². The molecule has 0 fully saturated rings. The van der Waals surface area contributed by atoms with E-state index in [4.69, 9.17) is 10.2 Å². The zero-order valence-corrected chi connectivity index (χ0v) is 8.68. The Hall–Kier alpha value is -2.56. The average molecular weight is 231 g/mol. The highest BCUT2D eigenvalue weighted by atomic mass is 16.4. The largest absolute Gasteiger partial charge is 0.508 e. The number of aromatic carboxylic acids is 1. The third-order valence-corrected chi connectivity index (χ3v) is 2.27. The Morgan fingerprint density at radius 3 is 2.35 bits per heavy atom. The first kappa shape index (κ1) is 10.9. The standard InChI is InChI=1S/C12H9NO4/c14-9-3-1-7(2-4-9)10-5-8(12(16)17)6-11(15)13-10/h1-6,14H,(H,13,15)(H,16,17). The van der Waals surface area contributed by atoms with Gasteiger partial charge in [0.15, 0.2) is 0 Å². The van der Waals surface area contributed by atoms with Crippen molar-refractivity contribution in [1.29, 1.82) is 0 Å². The maximum Gasteiger partial charge on any atom is 0.335 e. The van der Waals surface area contributed by atoms with Crippen LogP contribution in [0.25, 0.3) is 11.3 Å². The van der Waals surface area contributed by atoms with Crippen LogP contribution in [0.2, 0.25) is 0 Å². The van der Waals surface area contributed by atoms with E-state index in [0.717, 1.165) is 6.07 Å². The third-order valence-electron chi connectivity index (χ3n) is 2.27. The summed E-state index contributed by atoms with van der Waals surface area (Å²) in [6.45, 7) is 0. The summed E-state index contributed by atoms with van der Waals surface area (Å²) in [5.41, 5.74) is 0.475. The number of phenols is 1. The topological polar surface area (TPSA) is 90.4 Å². The van der Waals surface area contributed by atoms with Crippen LogP contribution in [0, 0.1) is 0 Å². The van der Waals surface area contributed by atoms with Crippen LogP contribution in [-0.4, -0.2) is 21.2 Å². The van der Waals surface area contributed by atoms with E-state index in [2.05, 4.69) is 4.98 Å². The van der Waals surface area contributed by atoms with Crippen molar-refractivity contribution in [2.24, 2.45) is 0 Å². The van der Waals surface area contributed by atoms with Crippen LogP contribution in [-0.2, 0) is 0 Å². The van der Waals surface area contributed by atoms with Crippen molar-refractivity contribution in [3.63, 3.8) is 0 Å². The molecule has 0 bridgehead atoms. The van der Waals surface area contributed by atoms with E-state index in [0.29, 0.717) is 11.3 Å². The Kier molecular flexibility index (Phi) is 2.66. The van der Waals surface area contributed by atoms with Crippen LogP contribution in [0.3, 0.4) is 0 Å². The second-order valence-corrected chi connectivity index (χ2v) is 3.50. The summed E-state index contributed by atoms with van der Waals surface area (Å²) < 4.78 is 0. The molecule has 3 N–H and O–H groups in total. The van der Waals surface area contributed by atoms with Crippen LogP contribution >= 0.6 is 0 Å². The molecule has 0 amide bonds. The summed E-state index contributed by atoms with van der Waals surface area (Å²) >= 11 is 0. The number of phenolic OH excluding ortho intramolecular Hbond substituents is 1. The number of nitrogens with one attached hydrogen (secondary N) is 1. The van der Waals surface area contributed by atoms with Crippen LogP contribution < -0.4 is 5.56 Å². The lowest BCUT2D eigenvalue weighted by Crippen LogP contribution is -2.10. The molecule has 5 nitrogen and oxygen atoms in total. The van der Waals surface area contributed by atoms with Gasteiger partial charge in [0, 0.05) is 11.8 Å². The molecule has 0 unspecified atom stereocenters. The summed E-state index contributed by atoms with van der Waals surface area (Å²) in [4.78, 5) is 24.6. The van der Waals surface area contributed by atoms with E-state index in [1.165, 1.54) is 18.2 Å². The van der Waals surface area contributed by atoms with Gasteiger partial charge in [-0.3, -0.25) is 4.79 Å². The number of aromatic amines is 1. The molecule has 5 heteroatoms. The molecule has 0 saturated carbocycles. The number of aromatic hydroxyl groups is 1. The minimum Gasteiger partial charge on any atom is -0.508 e. The molecule has 2 rings (SSSR count). The van der Waals surface area contributed by atoms with Crippen molar-refractivity contribution in [2.45, 2.75) is 0 Å². The number of H-pyrrole nitrogens is 1. The third kappa shape index (κ3) is 2.34. The molecule has 0 atom stereocenters. The van der Waals surface area contributed by atoms with Crippen LogP contribution in [0.1, 0.15) is 10.4 Å². The lowest BCUT2D eigenvalue weighted by molar-refractivity contribution is 0.0696. The number of hydrogen-bond acceptors (Lipinski definition) is 3. The Morgan fingerprint density at radius 1 is 1.12 bits per heavy atom. The first-order chi connectivity index (χ1) is 8.06. The molecule has 17 heavy (non-hydrogen) atoms. The zero-order valence-electron chi connectivity index (χ0n) is 8.68. The summed E-state index contributed by atoms with van der Waals surface area (Å²) in [5, 5.41) is 18.0. The zero-order chi connectivity index (χ0) is 12.4. The van der Waals surface area contributed by atoms with Crippen molar-refractivity contribution in [2.75, 3.05) is 0 Å². The van der Waals surface area contributed by atoms with Gasteiger partial charge in [-0.2, -0.15) is 0 Å². The van der Waals surface area contributed by atoms with Gasteiger partial charge in [-0.15, -0.1) is 0 Å². The predicted octanol–water partition coefficient (Wildman–Crippen LogP) is 1.45. The number of hydrogen-bond donors (Lipinski definition) is 3. The Morgan fingerprint density at radius 2 is 1.76 bits per heavy atom. The molecule has 1 aromatic carbocycles. The van der Waals surface area contributed by atoms with Crippen molar-refractivity contribution in [3.8, 4) is 17.0 Å². The van der Waals surface area contributed by atoms with Crippen LogP contribution in [0.15, 0.2) is 41.2 Å². The van der Waals surface area contributed by atoms with E-state index in [-0.39, 0.29) is 11.3 Å². The van der Waals surface area contributed by atoms with Crippen molar-refractivity contribution in [1.82, 2.24) is 4.98 Å². The van der Waals surface area contributed by atoms with E-state index in [9.17, 15) is 9.59 Å². The molecule has 86 valence electrons. The number of carboxylic acid groups (broad SMARTS) is 1. The maximum atomic E-state index is 11.3. The lowest BCUT2D eigenvalue weighted by Gasteiger charge is -2.03. The average Bonchev–Trinajstić information content (AvgIpc) is 2.29. The van der Waals surface area contributed by atoms with Gasteiger partial charge in [0.05, 0.1) is 5.56 Å². The van der Waals surface area contributed by atoms with E-state index < -0.39 is 11.5 Å². The molecular weight excluding hydrogens is 222 g/mol. The number of benzene rings is 1. The van der Waals surface area contributed by atoms with E-state index in [1.54, 1.807) is 12.1 Å². The minimum absolute atomic E-state index is 0.0724. The van der Waals surface area contributed by atoms with Crippen LogP contribution in [0.5, 0.6) is 5.75 Å². The number of rotatable bonds is 2. The number of carboxylic acids is 1.